The number of benzene rings is 1. The summed E-state index contributed by atoms with van der Waals surface area (Å²) in [4.78, 5) is 29.1. The number of carbonyl (C=O) groups is 1. The van der Waals surface area contributed by atoms with E-state index < -0.39 is 0 Å². The predicted molar refractivity (Wildman–Crippen MR) is 127 cm³/mol. The topological polar surface area (TPSA) is 89.8 Å². The summed E-state index contributed by atoms with van der Waals surface area (Å²) >= 11 is 6.27. The first-order chi connectivity index (χ1) is 16.0. The molecule has 0 aliphatic carbocycles. The van der Waals surface area contributed by atoms with Gasteiger partial charge in [0.2, 0.25) is 11.9 Å². The van der Waals surface area contributed by atoms with Gasteiger partial charge in [0.05, 0.1) is 13.7 Å². The minimum absolute atomic E-state index is 0.188. The van der Waals surface area contributed by atoms with Crippen LogP contribution < -0.4 is 9.80 Å². The largest absolute Gasteiger partial charge is 0.453 e. The van der Waals surface area contributed by atoms with Gasteiger partial charge in [0, 0.05) is 74.5 Å². The maximum atomic E-state index is 12.3. The van der Waals surface area contributed by atoms with Gasteiger partial charge in [-0.2, -0.15) is 5.10 Å². The van der Waals surface area contributed by atoms with Gasteiger partial charge in [0.25, 0.3) is 0 Å². The van der Waals surface area contributed by atoms with Crippen LogP contribution in [-0.2, 0) is 11.3 Å². The molecule has 0 N–H and O–H groups in total. The molecule has 0 unspecified atom stereocenters. The lowest BCUT2D eigenvalue weighted by Gasteiger charge is -2.61. The number of hydrogen-bond acceptors (Lipinski definition) is 7. The smallest absolute Gasteiger partial charge is 0.409 e. The normalized spacial score (nSPS) is 19.4. The van der Waals surface area contributed by atoms with Gasteiger partial charge in [0.1, 0.15) is 0 Å². The summed E-state index contributed by atoms with van der Waals surface area (Å²) < 4.78 is 4.96. The molecule has 5 rings (SSSR count). The van der Waals surface area contributed by atoms with Crippen molar-refractivity contribution < 1.29 is 9.53 Å². The molecular formula is C22H25ClN8O2. The molecule has 0 radical (unpaired) electrons. The Balaban J connectivity index is 1.35. The van der Waals surface area contributed by atoms with E-state index in [9.17, 15) is 4.79 Å². The molecule has 172 valence electrons. The van der Waals surface area contributed by atoms with Crippen molar-refractivity contribution in [2.45, 2.75) is 6.54 Å². The Morgan fingerprint density at radius 3 is 2.61 bits per heavy atom. The van der Waals surface area contributed by atoms with Gasteiger partial charge >= 0.3 is 6.09 Å². The van der Waals surface area contributed by atoms with Crippen molar-refractivity contribution in [2.75, 3.05) is 56.2 Å². The fourth-order valence-electron chi connectivity index (χ4n) is 4.88. The highest BCUT2D eigenvalue weighted by molar-refractivity contribution is 6.30. The average molecular weight is 469 g/mol. The summed E-state index contributed by atoms with van der Waals surface area (Å²) in [7, 11) is 1.39. The van der Waals surface area contributed by atoms with Crippen LogP contribution >= 0.6 is 11.6 Å². The maximum Gasteiger partial charge on any atom is 0.409 e. The molecule has 2 saturated heterocycles. The number of rotatable bonds is 2. The molecule has 0 saturated carbocycles. The molecule has 3 aliphatic heterocycles. The molecule has 0 atom stereocenters. The molecule has 1 spiro atoms. The second kappa shape index (κ2) is 8.51. The van der Waals surface area contributed by atoms with Gasteiger partial charge in [-0.15, -0.1) is 5.10 Å². The van der Waals surface area contributed by atoms with Crippen LogP contribution in [0.25, 0.3) is 0 Å². The minimum Gasteiger partial charge on any atom is -0.453 e. The Kier molecular flexibility index (Phi) is 5.53. The Bertz CT molecular complexity index is 1080. The number of aromatic nitrogens is 2. The number of likely N-dealkylation sites (tertiary alicyclic amines) is 1. The van der Waals surface area contributed by atoms with E-state index >= 15 is 0 Å². The fourth-order valence-corrected chi connectivity index (χ4v) is 5.07. The van der Waals surface area contributed by atoms with Crippen LogP contribution in [0.4, 0.5) is 16.4 Å². The van der Waals surface area contributed by atoms with Gasteiger partial charge in [-0.3, -0.25) is 0 Å². The molecule has 0 bridgehead atoms. The van der Waals surface area contributed by atoms with Crippen molar-refractivity contribution in [3.8, 4) is 0 Å². The number of methoxy groups -OCH3 is 1. The molecule has 1 aromatic heterocycles. The number of hydrogen-bond donors (Lipinski definition) is 0. The quantitative estimate of drug-likeness (QED) is 0.379. The number of fused-ring (bicyclic) bond motifs is 1. The van der Waals surface area contributed by atoms with E-state index in [2.05, 4.69) is 41.6 Å². The van der Waals surface area contributed by atoms with E-state index in [1.54, 1.807) is 17.3 Å². The van der Waals surface area contributed by atoms with Crippen LogP contribution in [0.3, 0.4) is 0 Å². The Morgan fingerprint density at radius 2 is 1.91 bits per heavy atom. The van der Waals surface area contributed by atoms with Crippen LogP contribution in [-0.4, -0.2) is 84.9 Å². The Labute approximate surface area is 197 Å². The van der Waals surface area contributed by atoms with Gasteiger partial charge in [-0.1, -0.05) is 11.6 Å². The van der Waals surface area contributed by atoms with Gasteiger partial charge in [0.15, 0.2) is 0 Å². The number of anilines is 2. The van der Waals surface area contributed by atoms with Gasteiger partial charge < -0.3 is 24.3 Å². The number of ether oxygens (including phenoxy) is 1. The summed E-state index contributed by atoms with van der Waals surface area (Å²) in [6.45, 7) is 8.54. The van der Waals surface area contributed by atoms with Crippen molar-refractivity contribution in [1.29, 1.82) is 0 Å². The summed E-state index contributed by atoms with van der Waals surface area (Å²) in [6.07, 6.45) is 3.16. The monoisotopic (exact) mass is 468 g/mol. The molecule has 4 heterocycles. The van der Waals surface area contributed by atoms with Crippen LogP contribution in [0.1, 0.15) is 5.56 Å². The number of halogens is 1. The highest BCUT2D eigenvalue weighted by Crippen LogP contribution is 2.42. The number of nitrogens with zero attached hydrogens (tertiary/aromatic N) is 8. The summed E-state index contributed by atoms with van der Waals surface area (Å²) in [6, 6.07) is 7.51. The Hall–Kier alpha value is -3.40. The molecule has 33 heavy (non-hydrogen) atoms. The summed E-state index contributed by atoms with van der Waals surface area (Å²) in [5.74, 6) is 1.49. The Morgan fingerprint density at radius 1 is 1.15 bits per heavy atom. The van der Waals surface area contributed by atoms with Crippen LogP contribution in [0.2, 0.25) is 5.02 Å². The zero-order chi connectivity index (χ0) is 23.0. The van der Waals surface area contributed by atoms with Crippen LogP contribution in [0.15, 0.2) is 46.9 Å². The molecule has 11 heteroatoms. The van der Waals surface area contributed by atoms with Crippen LogP contribution in [0.5, 0.6) is 0 Å². The van der Waals surface area contributed by atoms with Crippen molar-refractivity contribution in [2.24, 2.45) is 15.6 Å². The summed E-state index contributed by atoms with van der Waals surface area (Å²) in [5, 5.41) is 8.87. The number of guanidine groups is 1. The van der Waals surface area contributed by atoms with Crippen molar-refractivity contribution in [3.05, 3.63) is 47.2 Å². The SMILES string of the molecule is C=N/N=C(/N1CC2(C1)CN(c1ncccn1)C2)N1CCN(C(=O)OC)Cc2cc(Cl)ccc21. The molecule has 2 fully saturated rings. The predicted octanol–water partition coefficient (Wildman–Crippen LogP) is 2.31. The third-order valence-corrected chi connectivity index (χ3v) is 6.58. The first kappa shape index (κ1) is 21.4. The van der Waals surface area contributed by atoms with Crippen molar-refractivity contribution in [3.63, 3.8) is 0 Å². The third-order valence-electron chi connectivity index (χ3n) is 6.34. The second-order valence-corrected chi connectivity index (χ2v) is 9.06. The standard InChI is InChI=1S/C22H25ClN8O2/c1-24-27-20(30-14-22(15-30)12-29(13-22)19-25-6-3-7-26-19)31-9-8-28(21(32)33-2)11-16-10-17(23)4-5-18(16)31/h3-7,10H,1,8-9,11-15H2,2H3/b27-20-. The zero-order valence-electron chi connectivity index (χ0n) is 18.4. The zero-order valence-corrected chi connectivity index (χ0v) is 19.1. The first-order valence-corrected chi connectivity index (χ1v) is 11.1. The highest BCUT2D eigenvalue weighted by atomic mass is 35.5. The minimum atomic E-state index is -0.372. The van der Waals surface area contributed by atoms with Crippen molar-refractivity contribution in [1.82, 2.24) is 19.8 Å². The van der Waals surface area contributed by atoms with Crippen LogP contribution in [0, 0.1) is 5.41 Å². The average Bonchev–Trinajstić information content (AvgIpc) is 2.96. The van der Waals surface area contributed by atoms with E-state index in [4.69, 9.17) is 16.3 Å². The van der Waals surface area contributed by atoms with Gasteiger partial charge in [-0.25, -0.2) is 14.8 Å². The number of carbonyl (C=O) groups excluding carboxylic acids is 1. The lowest BCUT2D eigenvalue weighted by Crippen LogP contribution is -2.74. The highest BCUT2D eigenvalue weighted by Gasteiger charge is 2.54. The van der Waals surface area contributed by atoms with Gasteiger partial charge in [-0.05, 0) is 29.8 Å². The molecule has 2 aromatic rings. The van der Waals surface area contributed by atoms with E-state index in [1.165, 1.54) is 7.11 Å². The second-order valence-electron chi connectivity index (χ2n) is 8.62. The fraction of sp³-hybridized carbons (Fsp3) is 0.409. The third kappa shape index (κ3) is 3.95. The van der Waals surface area contributed by atoms with E-state index in [0.717, 1.165) is 49.3 Å². The first-order valence-electron chi connectivity index (χ1n) is 10.7. The lowest BCUT2D eigenvalue weighted by molar-refractivity contribution is 0.0268. The summed E-state index contributed by atoms with van der Waals surface area (Å²) in [5.41, 5.74) is 2.06. The maximum absolute atomic E-state index is 12.3. The van der Waals surface area contributed by atoms with E-state index in [1.807, 2.05) is 24.3 Å². The molecule has 3 aliphatic rings. The lowest BCUT2D eigenvalue weighted by atomic mass is 9.73. The van der Waals surface area contributed by atoms with Crippen molar-refractivity contribution >= 4 is 42.0 Å². The molecule has 1 amide bonds. The van der Waals surface area contributed by atoms with E-state index in [0.29, 0.717) is 24.7 Å². The molecule has 1 aromatic carbocycles. The number of amides is 1. The molecule has 10 nitrogen and oxygen atoms in total. The van der Waals surface area contributed by atoms with E-state index in [-0.39, 0.29) is 11.5 Å². The molecular weight excluding hydrogens is 444 g/mol.